The molecule has 0 heterocycles. The Balaban J connectivity index is 0.000000177. The van der Waals surface area contributed by atoms with Gasteiger partial charge in [0.15, 0.2) is 28.9 Å². The van der Waals surface area contributed by atoms with Crippen LogP contribution >= 0.6 is 11.6 Å². The molecule has 0 saturated heterocycles. The quantitative estimate of drug-likeness (QED) is 0.101. The van der Waals surface area contributed by atoms with E-state index in [1.165, 1.54) is 36.4 Å². The maximum atomic E-state index is 13.8. The molecule has 6 aromatic rings. The largest absolute Gasteiger partial charge is 0.457 e. The summed E-state index contributed by atoms with van der Waals surface area (Å²) in [5.74, 6) is -4.17. The highest BCUT2D eigenvalue weighted by atomic mass is 35.5. The lowest BCUT2D eigenvalue weighted by atomic mass is 10.1. The molecule has 0 saturated carbocycles. The van der Waals surface area contributed by atoms with Crippen LogP contribution in [-0.2, 0) is 26.7 Å². The van der Waals surface area contributed by atoms with E-state index in [2.05, 4.69) is 16.0 Å². The van der Waals surface area contributed by atoms with Crippen LogP contribution in [0.2, 0.25) is 5.02 Å². The number of nitrogens with one attached hydrogen (secondary N) is 3. The fourth-order valence-electron chi connectivity index (χ4n) is 7.48. The second-order valence-electron chi connectivity index (χ2n) is 17.9. The first-order valence-electron chi connectivity index (χ1n) is 24.4. The number of alkyl halides is 6. The molecule has 0 fully saturated rings. The summed E-state index contributed by atoms with van der Waals surface area (Å²) < 4.78 is 122. The molecule has 6 aromatic carbocycles. The van der Waals surface area contributed by atoms with Gasteiger partial charge in [-0.2, -0.15) is 26.3 Å². The number of ether oxygens (including phenoxy) is 3. The Labute approximate surface area is 467 Å². The van der Waals surface area contributed by atoms with Crippen LogP contribution in [0.3, 0.4) is 0 Å². The van der Waals surface area contributed by atoms with E-state index in [0.29, 0.717) is 28.8 Å². The van der Waals surface area contributed by atoms with Crippen molar-refractivity contribution in [2.45, 2.75) is 45.5 Å². The van der Waals surface area contributed by atoms with Crippen molar-refractivity contribution in [3.8, 4) is 34.5 Å². The lowest BCUT2D eigenvalue weighted by molar-refractivity contribution is -0.138. The molecule has 420 valence electrons. The van der Waals surface area contributed by atoms with Crippen LogP contribution in [0.5, 0.6) is 34.5 Å². The number of carbonyl (C=O) groups is 6. The molecular formula is C61H44ClF8N3O9. The van der Waals surface area contributed by atoms with Gasteiger partial charge in [0, 0.05) is 71.7 Å². The van der Waals surface area contributed by atoms with E-state index >= 15 is 0 Å². The number of hydrogen-bond acceptors (Lipinski definition) is 9. The van der Waals surface area contributed by atoms with Gasteiger partial charge < -0.3 is 30.2 Å². The average Bonchev–Trinajstić information content (AvgIpc) is 3.62. The number of rotatable bonds is 12. The van der Waals surface area contributed by atoms with Gasteiger partial charge in [-0.05, 0) is 117 Å². The van der Waals surface area contributed by atoms with E-state index in [9.17, 15) is 63.9 Å². The number of amides is 3. The second-order valence-corrected chi connectivity index (χ2v) is 18.3. The molecule has 0 atom stereocenters. The maximum absolute atomic E-state index is 13.8. The molecule has 3 amide bonds. The number of benzene rings is 6. The van der Waals surface area contributed by atoms with Crippen molar-refractivity contribution in [1.82, 2.24) is 16.0 Å². The van der Waals surface area contributed by atoms with E-state index in [4.69, 9.17) is 25.8 Å². The van der Waals surface area contributed by atoms with Crippen LogP contribution in [0, 0.1) is 25.5 Å². The van der Waals surface area contributed by atoms with Gasteiger partial charge in [-0.25, -0.2) is 8.78 Å². The van der Waals surface area contributed by atoms with E-state index in [0.717, 1.165) is 54.1 Å². The van der Waals surface area contributed by atoms with Crippen molar-refractivity contribution in [3.63, 3.8) is 0 Å². The Morgan fingerprint density at radius 1 is 0.476 bits per heavy atom. The van der Waals surface area contributed by atoms with Crippen LogP contribution in [0.25, 0.3) is 0 Å². The summed E-state index contributed by atoms with van der Waals surface area (Å²) in [6, 6.07) is 25.8. The van der Waals surface area contributed by atoms with E-state index < -0.39 is 52.8 Å². The number of ketones is 3. The van der Waals surface area contributed by atoms with Gasteiger partial charge in [-0.15, -0.1) is 0 Å². The van der Waals surface area contributed by atoms with Crippen LogP contribution in [0.1, 0.15) is 72.6 Å². The number of carbonyl (C=O) groups excluding carboxylic acids is 6. The van der Waals surface area contributed by atoms with Crippen LogP contribution in [-0.4, -0.2) is 35.1 Å². The summed E-state index contributed by atoms with van der Waals surface area (Å²) in [5.41, 5.74) is 0.572. The van der Waals surface area contributed by atoms with Crippen molar-refractivity contribution in [2.24, 2.45) is 0 Å². The van der Waals surface area contributed by atoms with Gasteiger partial charge in [-0.1, -0.05) is 65.7 Å². The van der Waals surface area contributed by atoms with Crippen LogP contribution in [0.4, 0.5) is 35.1 Å². The van der Waals surface area contributed by atoms with Gasteiger partial charge in [0.1, 0.15) is 34.6 Å². The second kappa shape index (κ2) is 26.5. The molecule has 12 nitrogen and oxygen atoms in total. The molecule has 3 N–H and O–H groups in total. The molecule has 21 heteroatoms. The number of aryl methyl sites for hydroxylation is 2. The maximum Gasteiger partial charge on any atom is 0.416 e. The van der Waals surface area contributed by atoms with Gasteiger partial charge in [0.05, 0.1) is 27.8 Å². The monoisotopic (exact) mass is 1150 g/mol. The normalized spacial score (nSPS) is 13.7. The van der Waals surface area contributed by atoms with E-state index in [1.807, 2.05) is 6.92 Å². The zero-order chi connectivity index (χ0) is 59.3. The molecule has 0 radical (unpaired) electrons. The molecule has 3 aliphatic carbocycles. The van der Waals surface area contributed by atoms with Crippen molar-refractivity contribution < 1.29 is 78.1 Å². The minimum atomic E-state index is -4.58. The lowest BCUT2D eigenvalue weighted by Gasteiger charge is -2.16. The highest BCUT2D eigenvalue weighted by molar-refractivity contribution is 6.31. The fraction of sp³-hybridized carbons (Fsp3) is 0.115. The first kappa shape index (κ1) is 60.0. The fourth-order valence-corrected chi connectivity index (χ4v) is 7.65. The molecule has 0 unspecified atom stereocenters. The first-order valence-corrected chi connectivity index (χ1v) is 24.8. The molecule has 82 heavy (non-hydrogen) atoms. The molecule has 0 aliphatic heterocycles. The van der Waals surface area contributed by atoms with Crippen LogP contribution < -0.4 is 30.2 Å². The Kier molecular flexibility index (Phi) is 19.4. The number of halogens is 9. The van der Waals surface area contributed by atoms with Crippen molar-refractivity contribution >= 4 is 46.7 Å². The topological polar surface area (TPSA) is 166 Å². The Bertz CT molecular complexity index is 3680. The first-order chi connectivity index (χ1) is 38.9. The zero-order valence-corrected chi connectivity index (χ0v) is 43.7. The molecule has 0 spiro atoms. The van der Waals surface area contributed by atoms with E-state index in [1.54, 1.807) is 91.9 Å². The molecular weight excluding hydrogens is 1110 g/mol. The number of hydrogen-bond donors (Lipinski definition) is 3. The summed E-state index contributed by atoms with van der Waals surface area (Å²) >= 11 is 5.93. The van der Waals surface area contributed by atoms with Crippen molar-refractivity contribution in [1.29, 1.82) is 0 Å². The summed E-state index contributed by atoms with van der Waals surface area (Å²) in [7, 11) is 0. The standard InChI is InChI=1S/2C21H16F3NO3.C19H12ClF2NO3/c1-13-5-2-3-8-18(13)28-19-11-14(21(22,23)24)9-10-17(19)20(27)25-15-6-4-7-16(26)12-15;1-13-5-8-17(9-6-13)28-19-11-14(21(22,23)24)7-10-18(19)20(27)25-15-3-2-4-16(26)12-15;20-11-4-6-15(19(25)23-13-2-1-3-14(24)10-13)18(8-11)26-17-7-5-12(21)9-16(17)22/h2-6,8-12H,7H2,1H3,(H,25,27);2-3,5-12H,4H2,1H3,(H,25,27);1-2,4-10H,3H2,(H,23,25). The summed E-state index contributed by atoms with van der Waals surface area (Å²) in [6.07, 6.45) is 4.97. The molecule has 0 bridgehead atoms. The molecule has 3 aliphatic rings. The molecule has 0 aromatic heterocycles. The van der Waals surface area contributed by atoms with Gasteiger partial charge in [-0.3, -0.25) is 28.8 Å². The Morgan fingerprint density at radius 3 is 1.34 bits per heavy atom. The van der Waals surface area contributed by atoms with Gasteiger partial charge >= 0.3 is 12.4 Å². The van der Waals surface area contributed by atoms with Crippen molar-refractivity contribution in [3.05, 3.63) is 249 Å². The van der Waals surface area contributed by atoms with Gasteiger partial charge in [0.2, 0.25) is 0 Å². The van der Waals surface area contributed by atoms with Crippen LogP contribution in [0.15, 0.2) is 193 Å². The summed E-state index contributed by atoms with van der Waals surface area (Å²) in [6.45, 7) is 3.60. The Hall–Kier alpha value is -9.69. The average molecular weight is 1150 g/mol. The smallest absolute Gasteiger partial charge is 0.416 e. The lowest BCUT2D eigenvalue weighted by Crippen LogP contribution is -2.24. The zero-order valence-electron chi connectivity index (χ0n) is 42.9. The Morgan fingerprint density at radius 2 is 0.902 bits per heavy atom. The third kappa shape index (κ3) is 16.9. The highest BCUT2D eigenvalue weighted by Crippen LogP contribution is 2.38. The third-order valence-corrected chi connectivity index (χ3v) is 11.8. The predicted molar refractivity (Wildman–Crippen MR) is 286 cm³/mol. The predicted octanol–water partition coefficient (Wildman–Crippen LogP) is 14.5. The SMILES string of the molecule is Cc1ccc(Oc2cc(C(F)(F)F)ccc2C(=O)NC2=CC(=O)CC=C2)cc1.Cc1ccccc1Oc1cc(C(F)(F)F)ccc1C(=O)NC1=CC(=O)CC=C1.O=C1C=C(NC(=O)c2ccc(Cl)cc2Oc2ccc(F)cc2F)C=CC1. The number of para-hydroxylation sites is 1. The molecule has 9 rings (SSSR count). The summed E-state index contributed by atoms with van der Waals surface area (Å²) in [4.78, 5) is 72.0. The minimum Gasteiger partial charge on any atom is -0.457 e. The van der Waals surface area contributed by atoms with Crippen molar-refractivity contribution in [2.75, 3.05) is 0 Å². The minimum absolute atomic E-state index is 0.00720. The van der Waals surface area contributed by atoms with E-state index in [-0.39, 0.29) is 92.7 Å². The van der Waals surface area contributed by atoms with Gasteiger partial charge in [0.25, 0.3) is 17.7 Å². The summed E-state index contributed by atoms with van der Waals surface area (Å²) in [5, 5.41) is 7.87. The highest BCUT2D eigenvalue weighted by Gasteiger charge is 2.34. The third-order valence-electron chi connectivity index (χ3n) is 11.5. The number of allylic oxidation sites excluding steroid dienone is 9.